The highest BCUT2D eigenvalue weighted by atomic mass is 32.1. The van der Waals surface area contributed by atoms with Crippen molar-refractivity contribution in [3.05, 3.63) is 0 Å². The molecule has 50 valence electrons. The summed E-state index contributed by atoms with van der Waals surface area (Å²) in [7, 11) is 0. The van der Waals surface area contributed by atoms with E-state index in [0.29, 0.717) is 0 Å². The zero-order valence-corrected chi connectivity index (χ0v) is 5.33. The Bertz CT molecular complexity index is 177. The minimum absolute atomic E-state index is 0.113. The van der Waals surface area contributed by atoms with Crippen LogP contribution in [0.4, 0.5) is 0 Å². The molecule has 1 atom stereocenters. The molecule has 0 aromatic rings. The first-order chi connectivity index (χ1) is 4.02. The third-order valence-corrected chi connectivity index (χ3v) is 1.22. The molecule has 1 heterocycles. The maximum atomic E-state index is 10.6. The Balaban J connectivity index is 2.81. The topological polar surface area (TPSA) is 91.0 Å². The second kappa shape index (κ2) is 1.61. The molecule has 0 bridgehead atoms. The normalized spacial score (nSPS) is 34.0. The molecule has 9 heavy (non-hydrogen) atoms. The Kier molecular flexibility index (Phi) is 1.14. The van der Waals surface area contributed by atoms with Gasteiger partial charge in [-0.2, -0.15) is 0 Å². The Morgan fingerprint density at radius 2 is 2.33 bits per heavy atom. The summed E-state index contributed by atoms with van der Waals surface area (Å²) in [6.45, 7) is 0. The first-order valence-electron chi connectivity index (χ1n) is 2.22. The van der Waals surface area contributed by atoms with E-state index in [1.165, 1.54) is 0 Å². The molecule has 1 amide bonds. The van der Waals surface area contributed by atoms with Crippen molar-refractivity contribution in [3.63, 3.8) is 0 Å². The van der Waals surface area contributed by atoms with Gasteiger partial charge in [0.05, 0.1) is 0 Å². The summed E-state index contributed by atoms with van der Waals surface area (Å²) >= 11 is 3.72. The Labute approximate surface area is 56.9 Å². The van der Waals surface area contributed by atoms with E-state index in [1.807, 2.05) is 0 Å². The van der Waals surface area contributed by atoms with Crippen molar-refractivity contribution in [1.29, 1.82) is 5.41 Å². The van der Waals surface area contributed by atoms with E-state index in [2.05, 4.69) is 23.3 Å². The molecular formula is C3H6N4OS. The minimum atomic E-state index is -1.41. The van der Waals surface area contributed by atoms with Crippen molar-refractivity contribution in [3.8, 4) is 0 Å². The number of hydrogen-bond donors (Lipinski definition) is 5. The van der Waals surface area contributed by atoms with Gasteiger partial charge in [0.25, 0.3) is 5.91 Å². The van der Waals surface area contributed by atoms with Gasteiger partial charge in [0.1, 0.15) is 0 Å². The first-order valence-corrected chi connectivity index (χ1v) is 2.66. The average molecular weight is 146 g/mol. The van der Waals surface area contributed by atoms with Crippen molar-refractivity contribution < 1.29 is 4.79 Å². The monoisotopic (exact) mass is 146 g/mol. The molecule has 1 aliphatic rings. The lowest BCUT2D eigenvalue weighted by Gasteiger charge is -2.10. The number of nitrogens with one attached hydrogen (secondary N) is 3. The predicted molar refractivity (Wildman–Crippen MR) is 34.9 cm³/mol. The molecule has 0 aromatic heterocycles. The smallest absolute Gasteiger partial charge is 0.278 e. The van der Waals surface area contributed by atoms with Gasteiger partial charge in [0.15, 0.2) is 5.96 Å². The number of guanidine groups is 1. The zero-order valence-electron chi connectivity index (χ0n) is 4.43. The summed E-state index contributed by atoms with van der Waals surface area (Å²) in [6.07, 6.45) is 0. The van der Waals surface area contributed by atoms with Crippen LogP contribution in [0.15, 0.2) is 0 Å². The van der Waals surface area contributed by atoms with E-state index in [4.69, 9.17) is 11.1 Å². The summed E-state index contributed by atoms with van der Waals surface area (Å²) in [4.78, 5) is 9.18. The van der Waals surface area contributed by atoms with Crippen molar-refractivity contribution in [2.45, 2.75) is 4.99 Å². The fraction of sp³-hybridized carbons (Fsp3) is 0.333. The zero-order chi connectivity index (χ0) is 7.07. The van der Waals surface area contributed by atoms with Crippen LogP contribution in [-0.2, 0) is 4.79 Å². The number of rotatable bonds is 0. The van der Waals surface area contributed by atoms with E-state index in [0.717, 1.165) is 0 Å². The van der Waals surface area contributed by atoms with Crippen molar-refractivity contribution in [2.75, 3.05) is 0 Å². The fourth-order valence-corrected chi connectivity index (χ4v) is 0.655. The minimum Gasteiger partial charge on any atom is -0.322 e. The lowest BCUT2D eigenvalue weighted by molar-refractivity contribution is -0.120. The van der Waals surface area contributed by atoms with E-state index < -0.39 is 10.9 Å². The summed E-state index contributed by atoms with van der Waals surface area (Å²) in [6, 6.07) is 0. The van der Waals surface area contributed by atoms with Gasteiger partial charge < -0.3 is 5.32 Å². The molecule has 0 saturated carbocycles. The van der Waals surface area contributed by atoms with Gasteiger partial charge in [-0.25, -0.2) is 0 Å². The molecule has 5 nitrogen and oxygen atoms in total. The maximum absolute atomic E-state index is 10.6. The number of hydrogen-bond acceptors (Lipinski definition) is 4. The lowest BCUT2D eigenvalue weighted by Crippen LogP contribution is -2.49. The van der Waals surface area contributed by atoms with Gasteiger partial charge in [-0.3, -0.25) is 21.3 Å². The third-order valence-electron chi connectivity index (χ3n) is 0.900. The van der Waals surface area contributed by atoms with E-state index in [9.17, 15) is 4.79 Å². The Morgan fingerprint density at radius 1 is 1.78 bits per heavy atom. The molecule has 1 aliphatic heterocycles. The highest BCUT2D eigenvalue weighted by Crippen LogP contribution is 2.05. The standard InChI is InChI=1S/C3H6N4OS/c4-2-6-1(8)3(5,9)7-2/h9H,5H2,(H3,4,6,7,8). The van der Waals surface area contributed by atoms with Crippen LogP contribution < -0.4 is 16.4 Å². The third kappa shape index (κ3) is 0.984. The molecule has 1 rings (SSSR count). The Morgan fingerprint density at radius 3 is 2.44 bits per heavy atom. The van der Waals surface area contributed by atoms with Crippen molar-refractivity contribution in [1.82, 2.24) is 10.6 Å². The number of amides is 1. The molecule has 1 unspecified atom stereocenters. The molecule has 1 saturated heterocycles. The van der Waals surface area contributed by atoms with Crippen LogP contribution in [0.2, 0.25) is 0 Å². The van der Waals surface area contributed by atoms with Crippen LogP contribution in [0.5, 0.6) is 0 Å². The highest BCUT2D eigenvalue weighted by molar-refractivity contribution is 7.82. The number of thiol groups is 1. The van der Waals surface area contributed by atoms with E-state index in [-0.39, 0.29) is 5.96 Å². The average Bonchev–Trinajstić information content (AvgIpc) is 1.79. The van der Waals surface area contributed by atoms with Crippen LogP contribution in [0.1, 0.15) is 0 Å². The van der Waals surface area contributed by atoms with Crippen LogP contribution >= 0.6 is 12.6 Å². The van der Waals surface area contributed by atoms with Gasteiger partial charge in [0.2, 0.25) is 4.99 Å². The van der Waals surface area contributed by atoms with Gasteiger partial charge in [-0.05, 0) is 0 Å². The maximum Gasteiger partial charge on any atom is 0.278 e. The van der Waals surface area contributed by atoms with E-state index in [1.54, 1.807) is 0 Å². The molecule has 0 aromatic carbocycles. The number of carbonyl (C=O) groups is 1. The van der Waals surface area contributed by atoms with Crippen LogP contribution in [0, 0.1) is 5.41 Å². The van der Waals surface area contributed by atoms with E-state index >= 15 is 0 Å². The summed E-state index contributed by atoms with van der Waals surface area (Å²) in [5.41, 5.74) is 5.21. The lowest BCUT2D eigenvalue weighted by atomic mass is 10.5. The largest absolute Gasteiger partial charge is 0.322 e. The molecule has 0 radical (unpaired) electrons. The molecule has 6 heteroatoms. The first kappa shape index (κ1) is 6.37. The number of carbonyl (C=O) groups excluding carboxylic acids is 1. The number of nitrogens with two attached hydrogens (primary N) is 1. The van der Waals surface area contributed by atoms with Gasteiger partial charge in [0, 0.05) is 0 Å². The quantitative estimate of drug-likeness (QED) is 0.206. The van der Waals surface area contributed by atoms with Crippen LogP contribution in [0.25, 0.3) is 0 Å². The molecular weight excluding hydrogens is 140 g/mol. The molecule has 5 N–H and O–H groups in total. The van der Waals surface area contributed by atoms with Crippen molar-refractivity contribution >= 4 is 24.5 Å². The summed E-state index contributed by atoms with van der Waals surface area (Å²) in [5, 5.41) is 11.3. The Hall–Kier alpha value is -0.750. The molecule has 1 fully saturated rings. The molecule has 0 spiro atoms. The summed E-state index contributed by atoms with van der Waals surface area (Å²) in [5.74, 6) is -0.617. The molecule has 0 aliphatic carbocycles. The van der Waals surface area contributed by atoms with Crippen molar-refractivity contribution in [2.24, 2.45) is 5.73 Å². The van der Waals surface area contributed by atoms with Gasteiger partial charge in [-0.1, -0.05) is 0 Å². The van der Waals surface area contributed by atoms with Crippen LogP contribution in [-0.4, -0.2) is 16.9 Å². The summed E-state index contributed by atoms with van der Waals surface area (Å²) < 4.78 is 0. The van der Waals surface area contributed by atoms with Crippen LogP contribution in [0.3, 0.4) is 0 Å². The highest BCUT2D eigenvalue weighted by Gasteiger charge is 2.37. The fourth-order valence-electron chi connectivity index (χ4n) is 0.487. The second-order valence-corrected chi connectivity index (χ2v) is 2.43. The SMILES string of the molecule is N=C1NC(=O)C(N)(S)N1. The predicted octanol–water partition coefficient (Wildman–Crippen LogP) is -1.82. The van der Waals surface area contributed by atoms with Gasteiger partial charge in [-0.15, -0.1) is 12.6 Å². The van der Waals surface area contributed by atoms with Gasteiger partial charge >= 0.3 is 0 Å². The second-order valence-electron chi connectivity index (χ2n) is 1.72.